The Balaban J connectivity index is 0.000000104. The molecule has 0 saturated heterocycles. The molecular formula is C100H85N5O5. The predicted octanol–water partition coefficient (Wildman–Crippen LogP) is 28.9. The van der Waals surface area contributed by atoms with Gasteiger partial charge in [0.15, 0.2) is 11.2 Å². The van der Waals surface area contributed by atoms with Crippen molar-refractivity contribution in [2.75, 3.05) is 0 Å². The van der Waals surface area contributed by atoms with E-state index in [9.17, 15) is 0 Å². The summed E-state index contributed by atoms with van der Waals surface area (Å²) in [7, 11) is 0. The van der Waals surface area contributed by atoms with Gasteiger partial charge >= 0.3 is 0 Å². The first kappa shape index (κ1) is 71.2. The van der Waals surface area contributed by atoms with E-state index in [2.05, 4.69) is 276 Å². The lowest BCUT2D eigenvalue weighted by atomic mass is 10.00. The van der Waals surface area contributed by atoms with E-state index in [0.717, 1.165) is 160 Å². The zero-order valence-corrected chi connectivity index (χ0v) is 63.5. The summed E-state index contributed by atoms with van der Waals surface area (Å²) in [6, 6.07) is 89.5. The highest BCUT2D eigenvalue weighted by atomic mass is 16.3. The average Bonchev–Trinajstić information content (AvgIpc) is 1.64. The molecule has 0 unspecified atom stereocenters. The van der Waals surface area contributed by atoms with Crippen LogP contribution in [0.5, 0.6) is 0 Å². The second-order valence-corrected chi connectivity index (χ2v) is 29.5. The number of rotatable bonds is 10. The zero-order valence-electron chi connectivity index (χ0n) is 63.5. The van der Waals surface area contributed by atoms with E-state index >= 15 is 0 Å². The fourth-order valence-corrected chi connectivity index (χ4v) is 14.9. The summed E-state index contributed by atoms with van der Waals surface area (Å²) < 4.78 is 31.2. The molecule has 0 aliphatic carbocycles. The van der Waals surface area contributed by atoms with Crippen LogP contribution in [0.4, 0.5) is 0 Å². The second-order valence-electron chi connectivity index (χ2n) is 29.5. The molecule has 0 N–H and O–H groups in total. The summed E-state index contributed by atoms with van der Waals surface area (Å²) in [4.78, 5) is 22.4. The maximum atomic E-state index is 6.29. The van der Waals surface area contributed by atoms with Crippen LogP contribution in [-0.2, 0) is 0 Å². The predicted molar refractivity (Wildman–Crippen MR) is 455 cm³/mol. The van der Waals surface area contributed by atoms with Gasteiger partial charge in [0.2, 0.25) is 5.71 Å². The van der Waals surface area contributed by atoms with Crippen LogP contribution < -0.4 is 0 Å². The molecule has 10 heterocycles. The molecule has 10 nitrogen and oxygen atoms in total. The first-order chi connectivity index (χ1) is 53.8. The number of hydrogen-bond acceptors (Lipinski definition) is 10. The van der Waals surface area contributed by atoms with E-state index in [1.807, 2.05) is 122 Å². The Bertz CT molecular complexity index is 5960. The standard InChI is InChI=1S/5C20H17NO/c1-13(2)15-11-18-17-10-6-9-16(14-7-4-3-5-8-14)19(17)22-20(18)21-12-15;1-13(2)17-11-21-12-18-16-10-6-9-15(19(16)22-20(17)18)14-7-4-3-5-8-14;1-13(2)15-9-6-10-16-18-12-21-11-17(20(18)22-19(15)16)14-7-4-3-5-8-14;1-13(2)18-20-17(11-12-21-18)16-10-6-9-15(19(16)22-20)14-7-4-3-5-8-14;1-13(2)15-9-6-10-17-18-20(22-19(15)17)16(11-12-21-18)14-7-4-3-5-8-14/h5*3-13H,1-2H3. The first-order valence-corrected chi connectivity index (χ1v) is 38.0. The minimum absolute atomic E-state index is 0.337. The van der Waals surface area contributed by atoms with Gasteiger partial charge < -0.3 is 22.1 Å². The molecule has 0 fully saturated rings. The molecule has 20 aromatic rings. The summed E-state index contributed by atoms with van der Waals surface area (Å²) in [5.74, 6) is 2.03. The molecule has 0 radical (unpaired) electrons. The monoisotopic (exact) mass is 1440 g/mol. The SMILES string of the molecule is CC(C)c1cccc2c1oc1c(-c3ccccc3)ccnc12.CC(C)c1cccc2c1oc1c(-c3ccccc3)cncc12.CC(C)c1cnc2oc3c(-c4ccccc4)cccc3c2c1.CC(C)c1cncc2c1oc1c(-c3ccccc3)cccc12.CC(C)c1nccc2c1oc1c(-c3ccccc3)cccc12. The summed E-state index contributed by atoms with van der Waals surface area (Å²) in [5.41, 5.74) is 27.3. The van der Waals surface area contributed by atoms with Crippen molar-refractivity contribution in [2.45, 2.75) is 98.8 Å². The Hall–Kier alpha value is -13.1. The molecule has 110 heavy (non-hydrogen) atoms. The summed E-state index contributed by atoms with van der Waals surface area (Å²) in [5, 5.41) is 10.1. The Kier molecular flexibility index (Phi) is 20.1. The second kappa shape index (κ2) is 31.0. The van der Waals surface area contributed by atoms with Gasteiger partial charge in [-0.15, -0.1) is 0 Å². The van der Waals surface area contributed by atoms with E-state index in [1.165, 1.54) is 27.8 Å². The van der Waals surface area contributed by atoms with Crippen LogP contribution in [0.15, 0.2) is 326 Å². The van der Waals surface area contributed by atoms with Crippen molar-refractivity contribution in [3.63, 3.8) is 0 Å². The Labute approximate surface area is 639 Å². The highest BCUT2D eigenvalue weighted by molar-refractivity contribution is 6.14. The molecular weight excluding hydrogens is 1350 g/mol. The molecule has 0 atom stereocenters. The molecule has 0 saturated carbocycles. The van der Waals surface area contributed by atoms with Gasteiger partial charge in [0, 0.05) is 125 Å². The van der Waals surface area contributed by atoms with Crippen LogP contribution in [-0.4, -0.2) is 24.9 Å². The number of benzene rings is 10. The Morgan fingerprint density at radius 2 is 0.600 bits per heavy atom. The molecule has 20 rings (SSSR count). The maximum Gasteiger partial charge on any atom is 0.227 e. The molecule has 0 aliphatic heterocycles. The highest BCUT2D eigenvalue weighted by Crippen LogP contribution is 2.44. The van der Waals surface area contributed by atoms with Gasteiger partial charge in [0.05, 0.1) is 5.69 Å². The van der Waals surface area contributed by atoms with Crippen molar-refractivity contribution in [1.29, 1.82) is 0 Å². The first-order valence-electron chi connectivity index (χ1n) is 38.0. The number of pyridine rings is 5. The van der Waals surface area contributed by atoms with Crippen molar-refractivity contribution in [2.24, 2.45) is 0 Å². The number of fused-ring (bicyclic) bond motifs is 15. The molecule has 0 aliphatic rings. The number of furan rings is 5. The number of hydrogen-bond donors (Lipinski definition) is 0. The lowest BCUT2D eigenvalue weighted by molar-refractivity contribution is 0.651. The molecule has 0 spiro atoms. The van der Waals surface area contributed by atoms with E-state index in [-0.39, 0.29) is 0 Å². The van der Waals surface area contributed by atoms with Crippen LogP contribution >= 0.6 is 0 Å². The average molecular weight is 1440 g/mol. The number of aromatic nitrogens is 5. The van der Waals surface area contributed by atoms with Crippen molar-refractivity contribution in [3.05, 3.63) is 332 Å². The minimum atomic E-state index is 0.337. The quantitative estimate of drug-likeness (QED) is 0.130. The van der Waals surface area contributed by atoms with Crippen LogP contribution in [0.3, 0.4) is 0 Å². The van der Waals surface area contributed by atoms with Gasteiger partial charge in [-0.25, -0.2) is 4.98 Å². The maximum absolute atomic E-state index is 6.29. The van der Waals surface area contributed by atoms with Crippen molar-refractivity contribution in [1.82, 2.24) is 24.9 Å². The normalized spacial score (nSPS) is 11.6. The number of nitrogens with zero attached hydrogens (tertiary/aromatic N) is 5. The van der Waals surface area contributed by atoms with Crippen LogP contribution in [0, 0.1) is 0 Å². The minimum Gasteiger partial charge on any atom is -0.455 e. The van der Waals surface area contributed by atoms with Crippen LogP contribution in [0.25, 0.3) is 166 Å². The van der Waals surface area contributed by atoms with Crippen LogP contribution in [0.2, 0.25) is 0 Å². The lowest BCUT2D eigenvalue weighted by Crippen LogP contribution is -1.91. The van der Waals surface area contributed by atoms with Crippen molar-refractivity contribution in [3.8, 4) is 55.6 Å². The van der Waals surface area contributed by atoms with Crippen molar-refractivity contribution >= 4 is 110 Å². The van der Waals surface area contributed by atoms with E-state index in [0.29, 0.717) is 35.3 Å². The lowest BCUT2D eigenvalue weighted by Gasteiger charge is -2.04. The molecule has 0 amide bonds. The summed E-state index contributed by atoms with van der Waals surface area (Å²) in [6.45, 7) is 21.8. The van der Waals surface area contributed by atoms with E-state index in [1.54, 1.807) is 0 Å². The molecule has 0 bridgehead atoms. The molecule has 10 aromatic heterocycles. The fraction of sp³-hybridized carbons (Fsp3) is 0.150. The third-order valence-electron chi connectivity index (χ3n) is 20.6. The fourth-order valence-electron chi connectivity index (χ4n) is 14.9. The summed E-state index contributed by atoms with van der Waals surface area (Å²) >= 11 is 0. The van der Waals surface area contributed by atoms with E-state index < -0.39 is 0 Å². The van der Waals surface area contributed by atoms with Gasteiger partial charge in [-0.3, -0.25) is 19.9 Å². The molecule has 10 aromatic carbocycles. The van der Waals surface area contributed by atoms with Crippen molar-refractivity contribution < 1.29 is 22.1 Å². The van der Waals surface area contributed by atoms with E-state index in [4.69, 9.17) is 22.1 Å². The smallest absolute Gasteiger partial charge is 0.227 e. The summed E-state index contributed by atoms with van der Waals surface area (Å²) in [6.07, 6.45) is 13.3. The Morgan fingerprint density at radius 3 is 1.10 bits per heavy atom. The third kappa shape index (κ3) is 13.9. The van der Waals surface area contributed by atoms with Gasteiger partial charge in [-0.1, -0.05) is 306 Å². The zero-order chi connectivity index (χ0) is 75.5. The third-order valence-corrected chi connectivity index (χ3v) is 20.6. The highest BCUT2D eigenvalue weighted by Gasteiger charge is 2.22. The molecule has 540 valence electrons. The van der Waals surface area contributed by atoms with Gasteiger partial charge in [-0.05, 0) is 98.4 Å². The topological polar surface area (TPSA) is 130 Å². The van der Waals surface area contributed by atoms with Gasteiger partial charge in [-0.2, -0.15) is 0 Å². The van der Waals surface area contributed by atoms with Crippen LogP contribution in [0.1, 0.15) is 127 Å². The van der Waals surface area contributed by atoms with Gasteiger partial charge in [0.25, 0.3) is 0 Å². The van der Waals surface area contributed by atoms with Gasteiger partial charge in [0.1, 0.15) is 44.6 Å². The largest absolute Gasteiger partial charge is 0.455 e. The Morgan fingerprint density at radius 1 is 0.227 bits per heavy atom. The number of para-hydroxylation sites is 5. The molecule has 10 heteroatoms.